The van der Waals surface area contributed by atoms with E-state index in [1.165, 1.54) is 0 Å². The molecule has 0 unspecified atom stereocenters. The van der Waals surface area contributed by atoms with Gasteiger partial charge < -0.3 is 19.1 Å². The third kappa shape index (κ3) is 6.53. The van der Waals surface area contributed by atoms with Crippen molar-refractivity contribution in [3.8, 4) is 0 Å². The van der Waals surface area contributed by atoms with Crippen LogP contribution in [0.5, 0.6) is 0 Å². The number of urea groups is 1. The smallest absolute Gasteiger partial charge is 0.325 e. The van der Waals surface area contributed by atoms with Crippen LogP contribution in [0.2, 0.25) is 0 Å². The molecule has 1 heterocycles. The van der Waals surface area contributed by atoms with Gasteiger partial charge in [-0.3, -0.25) is 9.69 Å². The quantitative estimate of drug-likeness (QED) is 0.423. The van der Waals surface area contributed by atoms with Crippen LogP contribution in [0.3, 0.4) is 0 Å². The molecule has 8 heteroatoms. The Balaban J connectivity index is 1.97. The normalized spacial score (nSPS) is 15.4. The number of aryl methyl sites for hydroxylation is 1. The van der Waals surface area contributed by atoms with Crippen LogP contribution < -0.4 is 10.2 Å². The minimum atomic E-state index is -1.13. The third-order valence-electron chi connectivity index (χ3n) is 5.76. The highest BCUT2D eigenvalue weighted by Gasteiger charge is 2.32. The fourth-order valence-corrected chi connectivity index (χ4v) is 4.03. The maximum absolute atomic E-state index is 12.8. The Kier molecular flexibility index (Phi) is 8.65. The van der Waals surface area contributed by atoms with Gasteiger partial charge in [0.15, 0.2) is 0 Å². The third-order valence-corrected chi connectivity index (χ3v) is 9.46. The molecular formula is C23H39N3O4S. The lowest BCUT2D eigenvalue weighted by Crippen LogP contribution is -2.36. The number of carbonyl (C=O) groups excluding carboxylic acids is 2. The van der Waals surface area contributed by atoms with Crippen LogP contribution in [0.4, 0.5) is 16.2 Å². The van der Waals surface area contributed by atoms with Crippen molar-refractivity contribution >= 4 is 33.7 Å². The highest BCUT2D eigenvalue weighted by Crippen LogP contribution is 2.53. The van der Waals surface area contributed by atoms with Gasteiger partial charge in [-0.15, -0.1) is 10.3 Å². The number of hydrogen-bond donors (Lipinski definition) is 1. The Morgan fingerprint density at radius 2 is 1.90 bits per heavy atom. The Bertz CT molecular complexity index is 777. The Morgan fingerprint density at radius 3 is 2.52 bits per heavy atom. The van der Waals surface area contributed by atoms with Gasteiger partial charge in [-0.1, -0.05) is 27.7 Å². The lowest BCUT2D eigenvalue weighted by atomic mass is 10.1. The SMILES string of the molecule is CCOC(=O)CN1CCN(c2ccc(NCCOS(C)(C)C(C)(C)C)cc2CC)C1=O. The van der Waals surface area contributed by atoms with Crippen LogP contribution in [-0.2, 0) is 20.1 Å². The molecule has 1 aliphatic heterocycles. The summed E-state index contributed by atoms with van der Waals surface area (Å²) >= 11 is 0. The summed E-state index contributed by atoms with van der Waals surface area (Å²) < 4.78 is 11.3. The summed E-state index contributed by atoms with van der Waals surface area (Å²) in [5.74, 6) is -0.369. The minimum Gasteiger partial charge on any atom is -0.465 e. The summed E-state index contributed by atoms with van der Waals surface area (Å²) in [6.45, 7) is 13.3. The molecule has 0 saturated carbocycles. The van der Waals surface area contributed by atoms with Crippen molar-refractivity contribution in [1.29, 1.82) is 0 Å². The van der Waals surface area contributed by atoms with Crippen LogP contribution in [-0.4, -0.2) is 73.6 Å². The Morgan fingerprint density at radius 1 is 1.19 bits per heavy atom. The number of carbonyl (C=O) groups is 2. The lowest BCUT2D eigenvalue weighted by molar-refractivity contribution is -0.143. The van der Waals surface area contributed by atoms with E-state index < -0.39 is 10.3 Å². The summed E-state index contributed by atoms with van der Waals surface area (Å²) in [6, 6.07) is 5.93. The predicted molar refractivity (Wildman–Crippen MR) is 130 cm³/mol. The lowest BCUT2D eigenvalue weighted by Gasteiger charge is -2.43. The first-order valence-electron chi connectivity index (χ1n) is 11.0. The van der Waals surface area contributed by atoms with Gasteiger partial charge in [0.1, 0.15) is 6.54 Å². The topological polar surface area (TPSA) is 71.1 Å². The molecular weight excluding hydrogens is 414 g/mol. The van der Waals surface area contributed by atoms with Crippen LogP contribution in [0.1, 0.15) is 40.2 Å². The number of esters is 1. The molecule has 0 aromatic heterocycles. The molecule has 1 aromatic rings. The maximum atomic E-state index is 12.8. The van der Waals surface area contributed by atoms with E-state index in [9.17, 15) is 9.59 Å². The van der Waals surface area contributed by atoms with Gasteiger partial charge in [0.05, 0.1) is 13.2 Å². The van der Waals surface area contributed by atoms with E-state index >= 15 is 0 Å². The number of rotatable bonds is 10. The van der Waals surface area contributed by atoms with Crippen molar-refractivity contribution in [3.05, 3.63) is 23.8 Å². The molecule has 0 radical (unpaired) electrons. The molecule has 176 valence electrons. The molecule has 0 bridgehead atoms. The summed E-state index contributed by atoms with van der Waals surface area (Å²) in [7, 11) is -1.13. The highest BCUT2D eigenvalue weighted by atomic mass is 32.3. The fourth-order valence-electron chi connectivity index (χ4n) is 3.18. The summed E-state index contributed by atoms with van der Waals surface area (Å²) in [6.07, 6.45) is 5.22. The fraction of sp³-hybridized carbons (Fsp3) is 0.652. The van der Waals surface area contributed by atoms with Gasteiger partial charge in [0, 0.05) is 35.8 Å². The molecule has 7 nitrogen and oxygen atoms in total. The van der Waals surface area contributed by atoms with Crippen molar-refractivity contribution in [1.82, 2.24) is 4.90 Å². The molecule has 0 spiro atoms. The number of anilines is 2. The molecule has 0 atom stereocenters. The summed E-state index contributed by atoms with van der Waals surface area (Å²) in [4.78, 5) is 27.8. The van der Waals surface area contributed by atoms with Gasteiger partial charge in [-0.25, -0.2) is 4.79 Å². The van der Waals surface area contributed by atoms with Crippen LogP contribution in [0.25, 0.3) is 0 Å². The van der Waals surface area contributed by atoms with E-state index in [0.29, 0.717) is 26.3 Å². The van der Waals surface area contributed by atoms with Crippen LogP contribution in [0, 0.1) is 0 Å². The van der Waals surface area contributed by atoms with Crippen molar-refractivity contribution in [2.24, 2.45) is 0 Å². The van der Waals surface area contributed by atoms with Crippen LogP contribution in [0.15, 0.2) is 18.2 Å². The summed E-state index contributed by atoms with van der Waals surface area (Å²) in [5.41, 5.74) is 3.01. The largest absolute Gasteiger partial charge is 0.465 e. The van der Waals surface area contributed by atoms with E-state index in [-0.39, 0.29) is 23.3 Å². The van der Waals surface area contributed by atoms with Crippen molar-refractivity contribution in [2.45, 2.75) is 45.8 Å². The minimum absolute atomic E-state index is 0.00280. The standard InChI is InChI=1S/C23H39N3O4S/c1-8-18-16-19(24-12-15-30-31(6,7)23(3,4)5)10-11-20(18)26-14-13-25(22(26)28)17-21(27)29-9-2/h10-11,16,24H,8-9,12-15,17H2,1-7H3. The first-order valence-corrected chi connectivity index (χ1v) is 13.3. The maximum Gasteiger partial charge on any atom is 0.325 e. The Hall–Kier alpha value is -1.93. The number of ether oxygens (including phenoxy) is 1. The van der Waals surface area contributed by atoms with Crippen molar-refractivity contribution in [3.63, 3.8) is 0 Å². The number of hydrogen-bond acceptors (Lipinski definition) is 5. The van der Waals surface area contributed by atoms with Crippen LogP contribution >= 0.6 is 10.3 Å². The molecule has 0 aliphatic carbocycles. The molecule has 1 N–H and O–H groups in total. The van der Waals surface area contributed by atoms with Gasteiger partial charge in [-0.2, -0.15) is 0 Å². The Labute approximate surface area is 189 Å². The van der Waals surface area contributed by atoms with E-state index in [0.717, 1.165) is 29.9 Å². The number of nitrogens with one attached hydrogen (secondary N) is 1. The first-order chi connectivity index (χ1) is 14.5. The highest BCUT2D eigenvalue weighted by molar-refractivity contribution is 8.29. The number of amides is 2. The molecule has 2 rings (SSSR count). The predicted octanol–water partition coefficient (Wildman–Crippen LogP) is 4.26. The van der Waals surface area contributed by atoms with Gasteiger partial charge >= 0.3 is 12.0 Å². The number of benzene rings is 1. The first kappa shape index (κ1) is 25.3. The monoisotopic (exact) mass is 453 g/mol. The van der Waals surface area contributed by atoms with Crippen molar-refractivity contribution < 1.29 is 18.5 Å². The van der Waals surface area contributed by atoms with Gasteiger partial charge in [0.25, 0.3) is 0 Å². The zero-order valence-corrected chi connectivity index (χ0v) is 20.9. The van der Waals surface area contributed by atoms with Gasteiger partial charge in [-0.05, 0) is 49.6 Å². The molecule has 1 saturated heterocycles. The molecule has 1 aliphatic rings. The number of nitrogens with zero attached hydrogens (tertiary/aromatic N) is 2. The second-order valence-corrected chi connectivity index (χ2v) is 12.9. The molecule has 1 fully saturated rings. The zero-order valence-electron chi connectivity index (χ0n) is 20.1. The zero-order chi connectivity index (χ0) is 23.2. The molecule has 1 aromatic carbocycles. The van der Waals surface area contributed by atoms with E-state index in [4.69, 9.17) is 8.92 Å². The van der Waals surface area contributed by atoms with E-state index in [2.05, 4.69) is 51.6 Å². The molecule has 2 amide bonds. The van der Waals surface area contributed by atoms with Gasteiger partial charge in [0.2, 0.25) is 0 Å². The van der Waals surface area contributed by atoms with E-state index in [1.54, 1.807) is 16.7 Å². The molecule has 31 heavy (non-hydrogen) atoms. The average Bonchev–Trinajstić information content (AvgIpc) is 3.04. The average molecular weight is 454 g/mol. The second-order valence-electron chi connectivity index (χ2n) is 8.95. The summed E-state index contributed by atoms with van der Waals surface area (Å²) in [5, 5.41) is 3.43. The van der Waals surface area contributed by atoms with E-state index in [1.807, 2.05) is 12.1 Å². The van der Waals surface area contributed by atoms with Crippen molar-refractivity contribution in [2.75, 3.05) is 62.1 Å². The second kappa shape index (κ2) is 10.6.